The molecule has 0 unspecified atom stereocenters. The predicted octanol–water partition coefficient (Wildman–Crippen LogP) is 5.18. The summed E-state index contributed by atoms with van der Waals surface area (Å²) in [5.41, 5.74) is 1.95. The smallest absolute Gasteiger partial charge is 0.129 e. The Kier molecular flexibility index (Phi) is 4.40. The van der Waals surface area contributed by atoms with Gasteiger partial charge < -0.3 is 0 Å². The van der Waals surface area contributed by atoms with E-state index in [1.165, 1.54) is 23.9 Å². The van der Waals surface area contributed by atoms with Crippen LogP contribution in [0.2, 0.25) is 0 Å². The van der Waals surface area contributed by atoms with Crippen LogP contribution >= 0.6 is 23.1 Å². The van der Waals surface area contributed by atoms with Gasteiger partial charge in [-0.1, -0.05) is 12.1 Å². The first-order valence-corrected chi connectivity index (χ1v) is 8.63. The lowest BCUT2D eigenvalue weighted by molar-refractivity contribution is 0.532. The van der Waals surface area contributed by atoms with Gasteiger partial charge >= 0.3 is 0 Å². The largest absolute Gasteiger partial charge is 0.250 e. The first-order chi connectivity index (χ1) is 10.6. The van der Waals surface area contributed by atoms with Gasteiger partial charge in [-0.2, -0.15) is 0 Å². The molecule has 0 saturated carbocycles. The molecular weight excluding hydrogens is 322 g/mol. The molecule has 0 saturated heterocycles. The fourth-order valence-electron chi connectivity index (χ4n) is 2.39. The lowest BCUT2D eigenvalue weighted by Gasteiger charge is -2.06. The van der Waals surface area contributed by atoms with Gasteiger partial charge in [0.25, 0.3) is 0 Å². The number of hydrogen-bond donors (Lipinski definition) is 0. The molecule has 0 atom stereocenters. The number of halogens is 2. The molecule has 114 valence electrons. The molecule has 3 aromatic rings. The van der Waals surface area contributed by atoms with Crippen molar-refractivity contribution in [3.63, 3.8) is 0 Å². The third kappa shape index (κ3) is 2.85. The van der Waals surface area contributed by atoms with E-state index in [1.807, 2.05) is 13.8 Å². The van der Waals surface area contributed by atoms with E-state index in [0.717, 1.165) is 31.2 Å². The Hall–Kier alpha value is -1.53. The summed E-state index contributed by atoms with van der Waals surface area (Å²) in [4.78, 5) is 11.0. The molecule has 0 fully saturated rings. The van der Waals surface area contributed by atoms with Crippen LogP contribution in [0.1, 0.15) is 10.7 Å². The van der Waals surface area contributed by atoms with Crippen molar-refractivity contribution in [2.45, 2.75) is 18.9 Å². The molecule has 0 amide bonds. The van der Waals surface area contributed by atoms with Crippen molar-refractivity contribution < 1.29 is 8.78 Å². The minimum absolute atomic E-state index is 0.264. The molecule has 0 aliphatic carbocycles. The van der Waals surface area contributed by atoms with E-state index in [1.54, 1.807) is 23.5 Å². The second kappa shape index (κ2) is 6.30. The molecule has 0 radical (unpaired) electrons. The van der Waals surface area contributed by atoms with E-state index in [4.69, 9.17) is 0 Å². The van der Waals surface area contributed by atoms with Crippen molar-refractivity contribution in [2.75, 3.05) is 12.4 Å². The molecule has 0 aliphatic rings. The quantitative estimate of drug-likeness (QED) is 0.485. The summed E-state index contributed by atoms with van der Waals surface area (Å²) in [5.74, 6) is 0.782. The zero-order chi connectivity index (χ0) is 15.7. The van der Waals surface area contributed by atoms with Crippen LogP contribution in [0, 0.1) is 19.7 Å². The summed E-state index contributed by atoms with van der Waals surface area (Å²) in [6.45, 7) is 3.46. The number of thioether (sulfide) groups is 1. The Morgan fingerprint density at radius 3 is 2.55 bits per heavy atom. The minimum Gasteiger partial charge on any atom is -0.250 e. The van der Waals surface area contributed by atoms with E-state index in [2.05, 4.69) is 9.97 Å². The fourth-order valence-corrected chi connectivity index (χ4v) is 4.35. The summed E-state index contributed by atoms with van der Waals surface area (Å²) in [6, 6.07) is 6.41. The van der Waals surface area contributed by atoms with Gasteiger partial charge in [-0.15, -0.1) is 23.1 Å². The van der Waals surface area contributed by atoms with E-state index in [9.17, 15) is 8.78 Å². The van der Waals surface area contributed by atoms with Crippen LogP contribution in [-0.4, -0.2) is 22.4 Å². The van der Waals surface area contributed by atoms with Gasteiger partial charge in [-0.05, 0) is 31.5 Å². The summed E-state index contributed by atoms with van der Waals surface area (Å²) >= 11 is 2.98. The van der Waals surface area contributed by atoms with Gasteiger partial charge in [0.15, 0.2) is 0 Å². The Balaban J connectivity index is 2.24. The maximum absolute atomic E-state index is 13.2. The summed E-state index contributed by atoms with van der Waals surface area (Å²) in [5, 5.41) is 1.74. The zero-order valence-electron chi connectivity index (χ0n) is 12.2. The monoisotopic (exact) mass is 336 g/mol. The van der Waals surface area contributed by atoms with Gasteiger partial charge in [-0.25, -0.2) is 14.4 Å². The number of fused-ring (bicyclic) bond motifs is 1. The number of aromatic nitrogens is 2. The van der Waals surface area contributed by atoms with Crippen LogP contribution in [0.4, 0.5) is 8.78 Å². The van der Waals surface area contributed by atoms with Crippen molar-refractivity contribution in [1.82, 2.24) is 9.97 Å². The fraction of sp³-hybridized carbons (Fsp3) is 0.250. The number of rotatable bonds is 4. The standard InChI is InChI=1S/C16H14F2N2S2/c1-9-13(11-3-5-12(18)6-4-11)14-15(21-8-7-17)19-10(2)20-16(14)22-9/h3-6H,7-8H2,1-2H3. The summed E-state index contributed by atoms with van der Waals surface area (Å²) in [6.07, 6.45) is 0. The van der Waals surface area contributed by atoms with Crippen LogP contribution in [0.5, 0.6) is 0 Å². The van der Waals surface area contributed by atoms with E-state index in [0.29, 0.717) is 11.6 Å². The Bertz CT molecular complexity index is 813. The molecule has 22 heavy (non-hydrogen) atoms. The number of hydrogen-bond acceptors (Lipinski definition) is 4. The second-order valence-electron chi connectivity index (χ2n) is 4.83. The highest BCUT2D eigenvalue weighted by Gasteiger charge is 2.18. The molecular formula is C16H14F2N2S2. The van der Waals surface area contributed by atoms with Gasteiger partial charge in [0, 0.05) is 16.2 Å². The second-order valence-corrected chi connectivity index (χ2v) is 7.12. The number of nitrogens with zero attached hydrogens (tertiary/aromatic N) is 2. The van der Waals surface area contributed by atoms with Crippen LogP contribution in [0.15, 0.2) is 29.3 Å². The molecule has 0 aliphatic heterocycles. The molecule has 0 spiro atoms. The van der Waals surface area contributed by atoms with Crippen molar-refractivity contribution in [3.8, 4) is 11.1 Å². The highest BCUT2D eigenvalue weighted by atomic mass is 32.2. The van der Waals surface area contributed by atoms with Crippen molar-refractivity contribution >= 4 is 33.3 Å². The zero-order valence-corrected chi connectivity index (χ0v) is 13.8. The Morgan fingerprint density at radius 1 is 1.14 bits per heavy atom. The lowest BCUT2D eigenvalue weighted by atomic mass is 10.0. The summed E-state index contributed by atoms with van der Waals surface area (Å²) in [7, 11) is 0. The van der Waals surface area contributed by atoms with Crippen molar-refractivity contribution in [1.29, 1.82) is 0 Å². The van der Waals surface area contributed by atoms with Crippen molar-refractivity contribution in [3.05, 3.63) is 40.8 Å². The van der Waals surface area contributed by atoms with Gasteiger partial charge in [0.05, 0.1) is 12.1 Å². The third-order valence-corrected chi connectivity index (χ3v) is 5.18. The van der Waals surface area contributed by atoms with Gasteiger partial charge in [0.1, 0.15) is 21.5 Å². The maximum Gasteiger partial charge on any atom is 0.129 e. The van der Waals surface area contributed by atoms with Gasteiger partial charge in [0.2, 0.25) is 0 Å². The van der Waals surface area contributed by atoms with Crippen LogP contribution in [0.3, 0.4) is 0 Å². The van der Waals surface area contributed by atoms with Crippen LogP contribution < -0.4 is 0 Å². The number of thiophene rings is 1. The summed E-state index contributed by atoms with van der Waals surface area (Å²) < 4.78 is 25.7. The number of aryl methyl sites for hydroxylation is 2. The van der Waals surface area contributed by atoms with Crippen LogP contribution in [-0.2, 0) is 0 Å². The first-order valence-electron chi connectivity index (χ1n) is 6.82. The van der Waals surface area contributed by atoms with Crippen LogP contribution in [0.25, 0.3) is 21.3 Å². The molecule has 2 aromatic heterocycles. The highest BCUT2D eigenvalue weighted by Crippen LogP contribution is 2.41. The molecule has 0 N–H and O–H groups in total. The predicted molar refractivity (Wildman–Crippen MR) is 89.0 cm³/mol. The van der Waals surface area contributed by atoms with E-state index >= 15 is 0 Å². The lowest BCUT2D eigenvalue weighted by Crippen LogP contribution is -1.93. The molecule has 2 heterocycles. The third-order valence-electron chi connectivity index (χ3n) is 3.26. The molecule has 2 nitrogen and oxygen atoms in total. The average molecular weight is 336 g/mol. The normalized spacial score (nSPS) is 11.3. The molecule has 0 bridgehead atoms. The number of benzene rings is 1. The van der Waals surface area contributed by atoms with Crippen molar-refractivity contribution in [2.24, 2.45) is 0 Å². The SMILES string of the molecule is Cc1nc(SCCF)c2c(-c3ccc(F)cc3)c(C)sc2n1. The highest BCUT2D eigenvalue weighted by molar-refractivity contribution is 7.99. The Labute approximate surface area is 135 Å². The minimum atomic E-state index is -0.399. The maximum atomic E-state index is 13.2. The topological polar surface area (TPSA) is 25.8 Å². The Morgan fingerprint density at radius 2 is 1.86 bits per heavy atom. The molecule has 6 heteroatoms. The van der Waals surface area contributed by atoms with E-state index in [-0.39, 0.29) is 5.82 Å². The molecule has 1 aromatic carbocycles. The average Bonchev–Trinajstić information content (AvgIpc) is 2.81. The van der Waals surface area contributed by atoms with E-state index < -0.39 is 6.67 Å². The van der Waals surface area contributed by atoms with Gasteiger partial charge in [-0.3, -0.25) is 4.39 Å². The number of alkyl halides is 1. The first kappa shape index (κ1) is 15.4. The molecule has 3 rings (SSSR count).